The molecule has 2 aromatic rings. The Kier molecular flexibility index (Phi) is 7.87. The minimum absolute atomic E-state index is 0.1000. The number of benzene rings is 1. The third-order valence-electron chi connectivity index (χ3n) is 9.29. The van der Waals surface area contributed by atoms with E-state index < -0.39 is 58.8 Å². The van der Waals surface area contributed by atoms with Crippen molar-refractivity contribution in [2.24, 2.45) is 17.3 Å². The van der Waals surface area contributed by atoms with E-state index in [2.05, 4.69) is 4.98 Å². The van der Waals surface area contributed by atoms with Crippen LogP contribution in [0.15, 0.2) is 54.9 Å². The van der Waals surface area contributed by atoms with Crippen LogP contribution in [0.4, 0.5) is 0 Å². The summed E-state index contributed by atoms with van der Waals surface area (Å²) in [6.07, 6.45) is 1.31. The predicted octanol–water partition coefficient (Wildman–Crippen LogP) is 4.31. The Labute approximate surface area is 245 Å². The first kappa shape index (κ1) is 29.7. The number of fused-ring (bicyclic) bond motifs is 1. The van der Waals surface area contributed by atoms with Crippen molar-refractivity contribution in [3.63, 3.8) is 0 Å². The molecular formula is C32H37NO9. The number of hydrogen-bond acceptors (Lipinski definition) is 10. The van der Waals surface area contributed by atoms with E-state index in [1.165, 1.54) is 20.0 Å². The summed E-state index contributed by atoms with van der Waals surface area (Å²) in [4.78, 5) is 56.0. The maximum absolute atomic E-state index is 13.5. The van der Waals surface area contributed by atoms with Crippen molar-refractivity contribution < 1.29 is 42.9 Å². The van der Waals surface area contributed by atoms with Crippen LogP contribution in [-0.2, 0) is 33.3 Å². The summed E-state index contributed by atoms with van der Waals surface area (Å²) in [5.41, 5.74) is -2.69. The first-order valence-corrected chi connectivity index (χ1v) is 14.3. The molecule has 2 heterocycles. The summed E-state index contributed by atoms with van der Waals surface area (Å²) in [7, 11) is 0. The Hall–Kier alpha value is -3.79. The van der Waals surface area contributed by atoms with Gasteiger partial charge in [0, 0.05) is 32.2 Å². The Morgan fingerprint density at radius 2 is 1.60 bits per heavy atom. The first-order valence-electron chi connectivity index (χ1n) is 14.3. The summed E-state index contributed by atoms with van der Waals surface area (Å²) < 4.78 is 31.2. The molecule has 2 saturated carbocycles. The zero-order valence-electron chi connectivity index (χ0n) is 24.5. The van der Waals surface area contributed by atoms with Crippen LogP contribution in [0.1, 0.15) is 74.6 Å². The molecule has 1 aromatic heterocycles. The van der Waals surface area contributed by atoms with Crippen molar-refractivity contribution in [1.82, 2.24) is 4.98 Å². The number of carbonyl (C=O) groups excluding carboxylic acids is 4. The Bertz CT molecular complexity index is 1350. The van der Waals surface area contributed by atoms with Gasteiger partial charge in [0.25, 0.3) is 0 Å². The van der Waals surface area contributed by atoms with Crippen molar-refractivity contribution in [3.8, 4) is 0 Å². The van der Waals surface area contributed by atoms with Gasteiger partial charge in [0.2, 0.25) is 0 Å². The van der Waals surface area contributed by atoms with Crippen molar-refractivity contribution in [2.45, 2.75) is 83.4 Å². The third-order valence-corrected chi connectivity index (χ3v) is 9.29. The normalized spacial score (nSPS) is 32.6. The average Bonchev–Trinajstić information content (AvgIpc) is 3.22. The maximum Gasteiger partial charge on any atom is 0.340 e. The zero-order valence-corrected chi connectivity index (χ0v) is 24.5. The lowest BCUT2D eigenvalue weighted by atomic mass is 9.49. The van der Waals surface area contributed by atoms with E-state index in [-0.39, 0.29) is 24.0 Å². The molecule has 7 unspecified atom stereocenters. The molecule has 2 bridgehead atoms. The highest BCUT2D eigenvalue weighted by atomic mass is 16.6. The third kappa shape index (κ3) is 4.95. The minimum atomic E-state index is -1.39. The fraction of sp³-hybridized carbons (Fsp3) is 0.531. The number of rotatable bonds is 7. The smallest absolute Gasteiger partial charge is 0.340 e. The number of esters is 4. The fourth-order valence-corrected chi connectivity index (χ4v) is 7.43. The van der Waals surface area contributed by atoms with Crippen molar-refractivity contribution >= 4 is 23.9 Å². The Morgan fingerprint density at radius 3 is 2.24 bits per heavy atom. The van der Waals surface area contributed by atoms with Crippen LogP contribution >= 0.6 is 0 Å². The summed E-state index contributed by atoms with van der Waals surface area (Å²) >= 11 is 0. The van der Waals surface area contributed by atoms with Crippen LogP contribution in [-0.4, -0.2) is 65.0 Å². The maximum atomic E-state index is 13.5. The van der Waals surface area contributed by atoms with Crippen LogP contribution in [0.2, 0.25) is 0 Å². The molecule has 10 heteroatoms. The van der Waals surface area contributed by atoms with Gasteiger partial charge in [-0.2, -0.15) is 0 Å². The van der Waals surface area contributed by atoms with E-state index in [1.54, 1.807) is 48.7 Å². The summed E-state index contributed by atoms with van der Waals surface area (Å²) in [6.45, 7) is 8.15. The lowest BCUT2D eigenvalue weighted by Crippen LogP contribution is -2.74. The van der Waals surface area contributed by atoms with Gasteiger partial charge in [-0.05, 0) is 63.3 Å². The molecule has 5 rings (SSSR count). The number of aromatic nitrogens is 1. The minimum Gasteiger partial charge on any atom is -0.465 e. The highest BCUT2D eigenvalue weighted by Crippen LogP contribution is 2.67. The van der Waals surface area contributed by atoms with Gasteiger partial charge in [0.05, 0.1) is 22.3 Å². The highest BCUT2D eigenvalue weighted by molar-refractivity contribution is 5.90. The summed E-state index contributed by atoms with van der Waals surface area (Å²) in [5.74, 6) is -2.89. The monoisotopic (exact) mass is 579 g/mol. The van der Waals surface area contributed by atoms with Crippen LogP contribution < -0.4 is 0 Å². The molecule has 42 heavy (non-hydrogen) atoms. The van der Waals surface area contributed by atoms with Crippen LogP contribution in [0, 0.1) is 17.3 Å². The first-order chi connectivity index (χ1) is 19.9. The molecular weight excluding hydrogens is 542 g/mol. The Morgan fingerprint density at radius 1 is 0.905 bits per heavy atom. The standard InChI is InChI=1S/C32H37NO9/c1-19-13-14-25(40-28(36)22-10-7-6-8-11-22)31(18-38-20(2)34)27(39-21(3)35)26(24-16-32(19,31)42-30(24,4)5)41-29(37)23-12-9-15-33-17-23/h6-12,15,17,19,24-27H,13-14,16,18H2,1-5H3. The molecule has 1 aromatic carbocycles. The van der Waals surface area contributed by atoms with Crippen molar-refractivity contribution in [3.05, 3.63) is 66.0 Å². The van der Waals surface area contributed by atoms with E-state index in [1.807, 2.05) is 20.8 Å². The molecule has 1 saturated heterocycles. The SMILES string of the molecule is CC(=O)OCC12C(OC(=O)c3ccccc3)CCC(C)C13CC(C(OC(=O)c1cccnc1)C2OC(C)=O)C(C)(C)O3. The highest BCUT2D eigenvalue weighted by Gasteiger charge is 2.79. The van der Waals surface area contributed by atoms with Gasteiger partial charge in [-0.1, -0.05) is 25.1 Å². The van der Waals surface area contributed by atoms with Crippen molar-refractivity contribution in [2.75, 3.05) is 6.61 Å². The second-order valence-corrected chi connectivity index (χ2v) is 12.1. The lowest BCUT2D eigenvalue weighted by molar-refractivity contribution is -0.287. The molecule has 0 amide bonds. The lowest BCUT2D eigenvalue weighted by Gasteiger charge is -2.61. The number of nitrogens with zero attached hydrogens (tertiary/aromatic N) is 1. The molecule has 0 N–H and O–H groups in total. The fourth-order valence-electron chi connectivity index (χ4n) is 7.43. The number of carbonyl (C=O) groups is 4. The van der Waals surface area contributed by atoms with E-state index in [9.17, 15) is 19.2 Å². The molecule has 1 aliphatic heterocycles. The molecule has 7 atom stereocenters. The van der Waals surface area contributed by atoms with Crippen LogP contribution in [0.25, 0.3) is 0 Å². The molecule has 3 aliphatic rings. The number of ether oxygens (including phenoxy) is 5. The van der Waals surface area contributed by atoms with Gasteiger partial charge in [-0.15, -0.1) is 0 Å². The van der Waals surface area contributed by atoms with Gasteiger partial charge in [-0.3, -0.25) is 14.6 Å². The zero-order chi connectivity index (χ0) is 30.3. The van der Waals surface area contributed by atoms with E-state index >= 15 is 0 Å². The topological polar surface area (TPSA) is 127 Å². The van der Waals surface area contributed by atoms with Gasteiger partial charge < -0.3 is 23.7 Å². The number of hydrogen-bond donors (Lipinski definition) is 0. The second kappa shape index (κ2) is 11.1. The molecule has 1 spiro atoms. The predicted molar refractivity (Wildman–Crippen MR) is 148 cm³/mol. The van der Waals surface area contributed by atoms with Gasteiger partial charge >= 0.3 is 23.9 Å². The molecule has 224 valence electrons. The van der Waals surface area contributed by atoms with E-state index in [0.717, 1.165) is 0 Å². The van der Waals surface area contributed by atoms with Crippen LogP contribution in [0.5, 0.6) is 0 Å². The van der Waals surface area contributed by atoms with Gasteiger partial charge in [0.1, 0.15) is 24.2 Å². The van der Waals surface area contributed by atoms with Crippen LogP contribution in [0.3, 0.4) is 0 Å². The summed E-state index contributed by atoms with van der Waals surface area (Å²) in [5, 5.41) is 0. The molecule has 2 aliphatic carbocycles. The second-order valence-electron chi connectivity index (χ2n) is 12.1. The Balaban J connectivity index is 1.68. The van der Waals surface area contributed by atoms with E-state index in [4.69, 9.17) is 23.7 Å². The largest absolute Gasteiger partial charge is 0.465 e. The number of pyridine rings is 1. The quantitative estimate of drug-likeness (QED) is 0.346. The van der Waals surface area contributed by atoms with Gasteiger partial charge in [-0.25, -0.2) is 9.59 Å². The van der Waals surface area contributed by atoms with Crippen molar-refractivity contribution in [1.29, 1.82) is 0 Å². The van der Waals surface area contributed by atoms with Gasteiger partial charge in [0.15, 0.2) is 6.10 Å². The summed E-state index contributed by atoms with van der Waals surface area (Å²) in [6, 6.07) is 11.8. The molecule has 3 fully saturated rings. The molecule has 0 radical (unpaired) electrons. The average molecular weight is 580 g/mol. The molecule has 10 nitrogen and oxygen atoms in total. The van der Waals surface area contributed by atoms with E-state index in [0.29, 0.717) is 24.8 Å².